The molecular formula is C56H63ClF4N8O7. The molecule has 5 aliphatic rings. The number of likely N-dealkylation sites (tertiary alicyclic amines) is 2. The number of hydrogen-bond acceptors (Lipinski definition) is 10. The van der Waals surface area contributed by atoms with Gasteiger partial charge in [-0.2, -0.15) is 5.10 Å². The van der Waals surface area contributed by atoms with Gasteiger partial charge in [0.1, 0.15) is 29.5 Å². The van der Waals surface area contributed by atoms with E-state index in [1.165, 1.54) is 33.8 Å². The Balaban J connectivity index is 0.751. The van der Waals surface area contributed by atoms with Crippen LogP contribution in [0.25, 0.3) is 22.0 Å². The van der Waals surface area contributed by atoms with Gasteiger partial charge in [0.25, 0.3) is 0 Å². The third-order valence-corrected chi connectivity index (χ3v) is 17.2. The predicted molar refractivity (Wildman–Crippen MR) is 277 cm³/mol. The van der Waals surface area contributed by atoms with Crippen LogP contribution in [0.4, 0.5) is 28.2 Å². The van der Waals surface area contributed by atoms with Gasteiger partial charge in [0, 0.05) is 92.4 Å². The van der Waals surface area contributed by atoms with E-state index in [2.05, 4.69) is 27.6 Å². The third-order valence-electron chi connectivity index (χ3n) is 16.8. The Hall–Kier alpha value is -6.28. The molecule has 76 heavy (non-hydrogen) atoms. The minimum atomic E-state index is -1.14. The normalized spacial score (nSPS) is 23.7. The Bertz CT molecular complexity index is 3080. The number of piperidine rings is 2. The largest absolute Gasteiger partial charge is 0.488 e. The molecule has 4 fully saturated rings. The van der Waals surface area contributed by atoms with Gasteiger partial charge in [0.2, 0.25) is 17.7 Å². The van der Waals surface area contributed by atoms with E-state index in [9.17, 15) is 24.3 Å². The first kappa shape index (κ1) is 53.1. The Labute approximate surface area is 443 Å². The number of hydrogen-bond donors (Lipinski definition) is 4. The van der Waals surface area contributed by atoms with Gasteiger partial charge in [-0.1, -0.05) is 55.8 Å². The summed E-state index contributed by atoms with van der Waals surface area (Å²) in [4.78, 5) is 56.9. The second-order valence-electron chi connectivity index (χ2n) is 21.3. The number of halogens is 5. The number of anilines is 1. The number of rotatable bonds is 14. The molecule has 0 spiro atoms. The lowest BCUT2D eigenvalue weighted by Crippen LogP contribution is -2.50. The summed E-state index contributed by atoms with van der Waals surface area (Å²) in [6.07, 6.45) is 5.07. The van der Waals surface area contributed by atoms with Crippen molar-refractivity contribution in [1.82, 2.24) is 30.2 Å². The summed E-state index contributed by atoms with van der Waals surface area (Å²) in [5.41, 5.74) is 5.32. The van der Waals surface area contributed by atoms with Crippen molar-refractivity contribution in [3.63, 3.8) is 0 Å². The number of aromatic nitrogens is 2. The number of primary amides is 1. The van der Waals surface area contributed by atoms with Crippen molar-refractivity contribution in [2.24, 2.45) is 30.5 Å². The van der Waals surface area contributed by atoms with Crippen LogP contribution < -0.4 is 30.7 Å². The molecule has 0 unspecified atom stereocenters. The smallest absolute Gasteiger partial charge is 0.329 e. The first-order chi connectivity index (χ1) is 36.5. The monoisotopic (exact) mass is 1070 g/mol. The minimum absolute atomic E-state index is 0.00941. The average molecular weight is 1070 g/mol. The van der Waals surface area contributed by atoms with Crippen LogP contribution in [0.5, 0.6) is 11.5 Å². The number of aliphatic hydroxyl groups excluding tert-OH is 1. The molecule has 3 saturated heterocycles. The summed E-state index contributed by atoms with van der Waals surface area (Å²) in [6.45, 7) is 7.25. The summed E-state index contributed by atoms with van der Waals surface area (Å²) in [5, 5.41) is 19.5. The van der Waals surface area contributed by atoms with Crippen molar-refractivity contribution in [3.8, 4) is 22.6 Å². The predicted octanol–water partition coefficient (Wildman–Crippen LogP) is 8.27. The first-order valence-corrected chi connectivity index (χ1v) is 26.7. The molecule has 5 atom stereocenters. The Morgan fingerprint density at radius 1 is 0.921 bits per heavy atom. The molecule has 1 aliphatic carbocycles. The maximum absolute atomic E-state index is 16.5. The van der Waals surface area contributed by atoms with Gasteiger partial charge in [-0.15, -0.1) is 0 Å². The van der Waals surface area contributed by atoms with Crippen molar-refractivity contribution >= 4 is 52.1 Å². The van der Waals surface area contributed by atoms with Crippen LogP contribution in [0.3, 0.4) is 0 Å². The summed E-state index contributed by atoms with van der Waals surface area (Å²) in [7, 11) is 1.56. The highest BCUT2D eigenvalue weighted by Crippen LogP contribution is 2.57. The Kier molecular flexibility index (Phi) is 15.1. The molecule has 1 saturated carbocycles. The van der Waals surface area contributed by atoms with Crippen LogP contribution in [0.15, 0.2) is 54.6 Å². The highest BCUT2D eigenvalue weighted by molar-refractivity contribution is 6.34. The third kappa shape index (κ3) is 9.76. The lowest BCUT2D eigenvalue weighted by molar-refractivity contribution is -0.140. The van der Waals surface area contributed by atoms with Gasteiger partial charge in [-0.3, -0.25) is 29.3 Å². The van der Waals surface area contributed by atoms with Crippen LogP contribution in [0.1, 0.15) is 104 Å². The molecular weight excluding hydrogens is 1010 g/mol. The van der Waals surface area contributed by atoms with E-state index in [1.807, 2.05) is 42.2 Å². The number of benzene rings is 4. The number of nitrogens with zero attached hydrogens (tertiary/aromatic N) is 5. The number of fused-ring (bicyclic) bond motifs is 2. The Morgan fingerprint density at radius 3 is 2.34 bits per heavy atom. The summed E-state index contributed by atoms with van der Waals surface area (Å²) >= 11 is 6.73. The maximum Gasteiger partial charge on any atom is 0.329 e. The van der Waals surface area contributed by atoms with E-state index in [4.69, 9.17) is 26.8 Å². The van der Waals surface area contributed by atoms with E-state index < -0.39 is 64.3 Å². The average Bonchev–Trinajstić information content (AvgIpc) is 3.96. The van der Waals surface area contributed by atoms with Crippen LogP contribution in [-0.2, 0) is 22.2 Å². The van der Waals surface area contributed by atoms with Crippen LogP contribution in [0.2, 0.25) is 5.02 Å². The number of imide groups is 1. The molecule has 5 N–H and O–H groups in total. The first-order valence-electron chi connectivity index (χ1n) is 26.3. The molecule has 15 nitrogen and oxygen atoms in total. The highest BCUT2D eigenvalue weighted by Gasteiger charge is 2.51. The number of urea groups is 1. The summed E-state index contributed by atoms with van der Waals surface area (Å²) in [5.74, 6) is -5.06. The molecule has 20 heteroatoms. The molecule has 1 aromatic heterocycles. The van der Waals surface area contributed by atoms with E-state index in [1.54, 1.807) is 7.05 Å². The van der Waals surface area contributed by atoms with Crippen LogP contribution in [-0.4, -0.2) is 114 Å². The van der Waals surface area contributed by atoms with Crippen molar-refractivity contribution < 1.29 is 51.3 Å². The number of aryl methyl sites for hydroxylation is 1. The zero-order valence-corrected chi connectivity index (χ0v) is 43.5. The van der Waals surface area contributed by atoms with Gasteiger partial charge in [-0.05, 0) is 99.6 Å². The van der Waals surface area contributed by atoms with Gasteiger partial charge in [0.05, 0.1) is 22.6 Å². The van der Waals surface area contributed by atoms with Crippen LogP contribution >= 0.6 is 11.6 Å². The fourth-order valence-corrected chi connectivity index (χ4v) is 13.0. The van der Waals surface area contributed by atoms with Gasteiger partial charge in [-0.25, -0.2) is 22.4 Å². The zero-order chi connectivity index (χ0) is 53.7. The maximum atomic E-state index is 16.5. The second-order valence-corrected chi connectivity index (χ2v) is 21.7. The van der Waals surface area contributed by atoms with E-state index in [0.717, 1.165) is 37.8 Å². The molecule has 5 heterocycles. The van der Waals surface area contributed by atoms with Gasteiger partial charge in [0.15, 0.2) is 28.8 Å². The quantitative estimate of drug-likeness (QED) is 0.0790. The van der Waals surface area contributed by atoms with E-state index in [-0.39, 0.29) is 106 Å². The molecule has 0 radical (unpaired) electrons. The number of ether oxygens (including phenoxy) is 2. The molecule has 10 rings (SSSR count). The van der Waals surface area contributed by atoms with Gasteiger partial charge < -0.3 is 35.4 Å². The number of nitrogens with one attached hydrogen (secondary N) is 2. The molecule has 5 aromatic rings. The van der Waals surface area contributed by atoms with Crippen LogP contribution in [0, 0.1) is 41.0 Å². The van der Waals surface area contributed by atoms with Crippen molar-refractivity contribution in [3.05, 3.63) is 105 Å². The number of amides is 5. The minimum Gasteiger partial charge on any atom is -0.488 e. The fourth-order valence-electron chi connectivity index (χ4n) is 12.8. The topological polar surface area (TPSA) is 185 Å². The second kappa shape index (κ2) is 21.6. The van der Waals surface area contributed by atoms with E-state index in [0.29, 0.717) is 56.9 Å². The number of nitrogens with two attached hydrogens (primary N) is 1. The molecule has 4 aromatic carbocycles. The van der Waals surface area contributed by atoms with Crippen molar-refractivity contribution in [2.45, 2.75) is 88.7 Å². The SMILES string of the molecule is C[C@@H]1C[C@H](NC[C@]2(c3ccccc3)Oc3cc(F)c(Cl)c(-c4c(C(N)=O)ccc(OCCO)c4F)c3[C@@H]2C)CC[C@@H]1C(=O)N1CCC(CN2CCC(c3c(F)cc4c(N5CCC(=O)NC5=O)nn(C)c4c3F)CC2)CC1. The summed E-state index contributed by atoms with van der Waals surface area (Å²) in [6, 6.07) is 13.8. The molecule has 0 bridgehead atoms. The Morgan fingerprint density at radius 2 is 1.66 bits per heavy atom. The van der Waals surface area contributed by atoms with Crippen molar-refractivity contribution in [2.75, 3.05) is 63.9 Å². The standard InChI is InChI=1S/C56H63ClF4N8O7/c1-30-25-35(63-29-56(34-7-5-4-6-8-34)31(2)44-42(76-56)27-40(59)48(57)47(44)46-37(52(62)72)11-12-41(49(46)60)75-24-23-70)9-10-36(30)54(73)68-20-13-32(14-21-68)28-67-18-15-33(16-19-67)45-39(58)26-38-51(50(45)61)66(3)65-53(38)69-22-17-43(71)64-55(69)74/h4-8,11-12,26-27,30-33,35-36,63,70H,9-10,13-25,28-29H2,1-3H3,(H2,62,72)(H,64,71,74)/t30-,31+,35-,36+,56+/m1/s1. The number of aliphatic hydroxyl groups is 1. The molecule has 404 valence electrons. The lowest BCUT2D eigenvalue weighted by Gasteiger charge is -2.41. The van der Waals surface area contributed by atoms with Crippen molar-refractivity contribution in [1.29, 1.82) is 0 Å². The van der Waals surface area contributed by atoms with Gasteiger partial charge >= 0.3 is 6.03 Å². The number of carbonyl (C=O) groups excluding carboxylic acids is 4. The zero-order valence-electron chi connectivity index (χ0n) is 42.8. The van der Waals surface area contributed by atoms with E-state index >= 15 is 17.6 Å². The molecule has 4 aliphatic heterocycles. The highest BCUT2D eigenvalue weighted by atomic mass is 35.5. The number of carbonyl (C=O) groups is 4. The lowest BCUT2D eigenvalue weighted by atomic mass is 9.75. The fraction of sp³-hybridized carbons (Fsp3) is 0.482. The summed E-state index contributed by atoms with van der Waals surface area (Å²) < 4.78 is 78.2. The molecule has 5 amide bonds.